The number of hydrogen-bond acceptors (Lipinski definition) is 6. The highest BCUT2D eigenvalue weighted by atomic mass is 16.3. The van der Waals surface area contributed by atoms with E-state index >= 15 is 0 Å². The first kappa shape index (κ1) is 19.8. The minimum atomic E-state index is -0.642. The van der Waals surface area contributed by atoms with Crippen LogP contribution in [0.15, 0.2) is 36.4 Å². The summed E-state index contributed by atoms with van der Waals surface area (Å²) in [7, 11) is 0. The lowest BCUT2D eigenvalue weighted by Gasteiger charge is -2.11. The second-order valence-corrected chi connectivity index (χ2v) is 6.63. The molecule has 0 aliphatic rings. The molecule has 8 heteroatoms. The molecule has 2 aromatic carbocycles. The molecule has 1 aromatic heterocycles. The number of phenols is 1. The van der Waals surface area contributed by atoms with Crippen LogP contribution >= 0.6 is 0 Å². The molecule has 0 aliphatic carbocycles. The largest absolute Gasteiger partial charge is 0.507 e. The van der Waals surface area contributed by atoms with Gasteiger partial charge in [0.05, 0.1) is 11.6 Å². The number of anilines is 3. The quantitative estimate of drug-likeness (QED) is 0.419. The first-order chi connectivity index (χ1) is 13.9. The maximum atomic E-state index is 12.0. The third-order valence-corrected chi connectivity index (χ3v) is 4.55. The molecule has 0 bridgehead atoms. The average Bonchev–Trinajstić information content (AvgIpc) is 3.11. The van der Waals surface area contributed by atoms with E-state index in [9.17, 15) is 9.90 Å². The molecule has 0 unspecified atom stereocenters. The predicted molar refractivity (Wildman–Crippen MR) is 111 cm³/mol. The van der Waals surface area contributed by atoms with Crippen molar-refractivity contribution in [1.82, 2.24) is 10.2 Å². The van der Waals surface area contributed by atoms with Gasteiger partial charge in [0.25, 0.3) is 5.91 Å². The highest BCUT2D eigenvalue weighted by Gasteiger charge is 2.19. The number of benzene rings is 2. The highest BCUT2D eigenvalue weighted by molar-refractivity contribution is 6.03. The molecule has 0 spiro atoms. The zero-order valence-corrected chi connectivity index (χ0v) is 16.2. The number of nitrogens with one attached hydrogen (secondary N) is 3. The lowest BCUT2D eigenvalue weighted by molar-refractivity contribution is 0.100. The summed E-state index contributed by atoms with van der Waals surface area (Å²) >= 11 is 0. The SMILES string of the molecule is CCc1cc(CNc2n[nH]c(Nc3cccc(C#N)c3)c2C(N)=O)cc(C)c1O. The van der Waals surface area contributed by atoms with Crippen molar-refractivity contribution in [3.63, 3.8) is 0 Å². The topological polar surface area (TPSA) is 140 Å². The zero-order valence-electron chi connectivity index (χ0n) is 16.2. The highest BCUT2D eigenvalue weighted by Crippen LogP contribution is 2.27. The number of H-pyrrole nitrogens is 1. The lowest BCUT2D eigenvalue weighted by Crippen LogP contribution is -2.15. The van der Waals surface area contributed by atoms with E-state index in [0.29, 0.717) is 41.6 Å². The predicted octanol–water partition coefficient (Wildman–Crippen LogP) is 3.31. The van der Waals surface area contributed by atoms with Crippen LogP contribution in [0.5, 0.6) is 5.75 Å². The normalized spacial score (nSPS) is 10.4. The molecule has 1 amide bonds. The van der Waals surface area contributed by atoms with Crippen LogP contribution < -0.4 is 16.4 Å². The van der Waals surface area contributed by atoms with Crippen molar-refractivity contribution < 1.29 is 9.90 Å². The van der Waals surface area contributed by atoms with Gasteiger partial charge in [-0.15, -0.1) is 0 Å². The Hall–Kier alpha value is -3.99. The number of aromatic nitrogens is 2. The number of aromatic hydroxyl groups is 1. The van der Waals surface area contributed by atoms with Crippen LogP contribution in [0.3, 0.4) is 0 Å². The van der Waals surface area contributed by atoms with Crippen molar-refractivity contribution in [2.24, 2.45) is 5.73 Å². The number of carbonyl (C=O) groups is 1. The molecule has 0 fully saturated rings. The van der Waals surface area contributed by atoms with Gasteiger partial charge in [0, 0.05) is 12.2 Å². The summed E-state index contributed by atoms with van der Waals surface area (Å²) in [6, 6.07) is 12.7. The Morgan fingerprint density at radius 1 is 1.34 bits per heavy atom. The summed E-state index contributed by atoms with van der Waals surface area (Å²) in [4.78, 5) is 12.0. The van der Waals surface area contributed by atoms with Crippen LogP contribution in [-0.2, 0) is 13.0 Å². The first-order valence-corrected chi connectivity index (χ1v) is 9.13. The molecule has 29 heavy (non-hydrogen) atoms. The maximum absolute atomic E-state index is 12.0. The van der Waals surface area contributed by atoms with Crippen molar-refractivity contribution in [2.45, 2.75) is 26.8 Å². The standard InChI is InChI=1S/C21H22N6O2/c1-3-15-8-14(7-12(2)18(15)28)11-24-20-17(19(23)29)21(27-26-20)25-16-6-4-5-13(9-16)10-22/h4-9,28H,3,11H2,1-2H3,(H2,23,29)(H3,24,25,26,27). The molecule has 8 nitrogen and oxygen atoms in total. The van der Waals surface area contributed by atoms with E-state index in [-0.39, 0.29) is 5.56 Å². The number of nitrogens with zero attached hydrogens (tertiary/aromatic N) is 2. The zero-order chi connectivity index (χ0) is 21.0. The Bertz CT molecular complexity index is 1100. The van der Waals surface area contributed by atoms with Crippen LogP contribution in [0.1, 0.15) is 39.5 Å². The van der Waals surface area contributed by atoms with Gasteiger partial charge < -0.3 is 21.5 Å². The summed E-state index contributed by atoms with van der Waals surface area (Å²) in [6.07, 6.45) is 0.714. The van der Waals surface area contributed by atoms with Gasteiger partial charge in [-0.1, -0.05) is 25.1 Å². The second-order valence-electron chi connectivity index (χ2n) is 6.63. The molecular weight excluding hydrogens is 368 g/mol. The fraction of sp³-hybridized carbons (Fsp3) is 0.190. The summed E-state index contributed by atoms with van der Waals surface area (Å²) < 4.78 is 0. The summed E-state index contributed by atoms with van der Waals surface area (Å²) in [5, 5.41) is 32.2. The van der Waals surface area contributed by atoms with Crippen LogP contribution in [0.25, 0.3) is 0 Å². The smallest absolute Gasteiger partial charge is 0.256 e. The van der Waals surface area contributed by atoms with Gasteiger partial charge in [-0.2, -0.15) is 10.4 Å². The summed E-state index contributed by atoms with van der Waals surface area (Å²) in [5.74, 6) is 0.322. The number of phenolic OH excluding ortho intramolecular Hbond substituents is 1. The number of carbonyl (C=O) groups excluding carboxylic acids is 1. The van der Waals surface area contributed by atoms with E-state index in [1.165, 1.54) is 0 Å². The lowest BCUT2D eigenvalue weighted by atomic mass is 10.0. The van der Waals surface area contributed by atoms with Gasteiger partial charge in [-0.25, -0.2) is 0 Å². The van der Waals surface area contributed by atoms with Crippen molar-refractivity contribution in [3.8, 4) is 11.8 Å². The van der Waals surface area contributed by atoms with E-state index < -0.39 is 5.91 Å². The molecule has 0 saturated carbocycles. The van der Waals surface area contributed by atoms with Crippen LogP contribution in [-0.4, -0.2) is 21.2 Å². The van der Waals surface area contributed by atoms with Crippen LogP contribution in [0.4, 0.5) is 17.3 Å². The molecule has 3 rings (SSSR count). The molecule has 0 saturated heterocycles. The number of aromatic amines is 1. The van der Waals surface area contributed by atoms with E-state index in [2.05, 4.69) is 26.9 Å². The summed E-state index contributed by atoms with van der Waals surface area (Å²) in [5.41, 5.74) is 9.47. The molecule has 148 valence electrons. The Balaban J connectivity index is 1.83. The fourth-order valence-electron chi connectivity index (χ4n) is 3.10. The molecule has 0 atom stereocenters. The van der Waals surface area contributed by atoms with E-state index in [1.54, 1.807) is 24.3 Å². The number of aryl methyl sites for hydroxylation is 2. The molecule has 1 heterocycles. The minimum absolute atomic E-state index is 0.193. The Morgan fingerprint density at radius 2 is 2.14 bits per heavy atom. The molecule has 0 aliphatic heterocycles. The third kappa shape index (κ3) is 4.30. The number of hydrogen-bond donors (Lipinski definition) is 5. The second kappa shape index (κ2) is 8.35. The minimum Gasteiger partial charge on any atom is -0.507 e. The van der Waals surface area contributed by atoms with Gasteiger partial charge in [0.15, 0.2) is 5.82 Å². The average molecular weight is 390 g/mol. The number of nitriles is 1. The van der Waals surface area contributed by atoms with Gasteiger partial charge in [0.2, 0.25) is 0 Å². The van der Waals surface area contributed by atoms with Gasteiger partial charge in [0.1, 0.15) is 17.1 Å². The maximum Gasteiger partial charge on any atom is 0.256 e. The number of primary amides is 1. The Morgan fingerprint density at radius 3 is 2.83 bits per heavy atom. The van der Waals surface area contributed by atoms with Crippen molar-refractivity contribution in [1.29, 1.82) is 5.26 Å². The Kier molecular flexibility index (Phi) is 5.69. The van der Waals surface area contributed by atoms with Gasteiger partial charge in [-0.05, 0) is 48.2 Å². The van der Waals surface area contributed by atoms with E-state index in [0.717, 1.165) is 16.7 Å². The molecular formula is C21H22N6O2. The van der Waals surface area contributed by atoms with E-state index in [1.807, 2.05) is 26.0 Å². The van der Waals surface area contributed by atoms with E-state index in [4.69, 9.17) is 11.0 Å². The van der Waals surface area contributed by atoms with Gasteiger partial charge >= 0.3 is 0 Å². The first-order valence-electron chi connectivity index (χ1n) is 9.13. The van der Waals surface area contributed by atoms with Crippen LogP contribution in [0, 0.1) is 18.3 Å². The summed E-state index contributed by atoms with van der Waals surface area (Å²) in [6.45, 7) is 4.23. The molecule has 6 N–H and O–H groups in total. The number of rotatable bonds is 7. The fourth-order valence-corrected chi connectivity index (χ4v) is 3.10. The van der Waals surface area contributed by atoms with Crippen molar-refractivity contribution >= 4 is 23.2 Å². The van der Waals surface area contributed by atoms with Crippen molar-refractivity contribution in [2.75, 3.05) is 10.6 Å². The molecule has 3 aromatic rings. The number of amides is 1. The number of nitrogens with two attached hydrogens (primary N) is 1. The van der Waals surface area contributed by atoms with Gasteiger partial charge in [-0.3, -0.25) is 9.89 Å². The third-order valence-electron chi connectivity index (χ3n) is 4.55. The van der Waals surface area contributed by atoms with Crippen LogP contribution in [0.2, 0.25) is 0 Å². The van der Waals surface area contributed by atoms with Crippen molar-refractivity contribution in [3.05, 3.63) is 64.2 Å². The monoisotopic (exact) mass is 390 g/mol. The Labute approximate surface area is 168 Å². The molecule has 0 radical (unpaired) electrons.